The minimum absolute atomic E-state index is 0.174. The molecule has 0 saturated carbocycles. The van der Waals surface area contributed by atoms with Gasteiger partial charge in [0.15, 0.2) is 0 Å². The Morgan fingerprint density at radius 2 is 1.68 bits per heavy atom. The normalized spacial score (nSPS) is 9.89. The number of carbonyl (C=O) groups excluding carboxylic acids is 2. The highest BCUT2D eigenvalue weighted by molar-refractivity contribution is 5.86. The monoisotopic (exact) mass is 262 g/mol. The third-order valence-electron chi connectivity index (χ3n) is 2.48. The van der Waals surface area contributed by atoms with E-state index >= 15 is 0 Å². The summed E-state index contributed by atoms with van der Waals surface area (Å²) in [4.78, 5) is 22.3. The van der Waals surface area contributed by atoms with Crippen molar-refractivity contribution >= 4 is 11.9 Å². The van der Waals surface area contributed by atoms with Crippen LogP contribution in [-0.2, 0) is 20.9 Å². The van der Waals surface area contributed by atoms with E-state index < -0.39 is 5.97 Å². The molecule has 0 radical (unpaired) electrons. The van der Waals surface area contributed by atoms with Crippen LogP contribution in [0, 0.1) is 13.8 Å². The van der Waals surface area contributed by atoms with Crippen molar-refractivity contribution in [3.8, 4) is 5.75 Å². The molecule has 1 rings (SSSR count). The van der Waals surface area contributed by atoms with E-state index in [0.717, 1.165) is 16.7 Å². The minimum atomic E-state index is -0.417. The van der Waals surface area contributed by atoms with Crippen LogP contribution in [0.3, 0.4) is 0 Å². The van der Waals surface area contributed by atoms with Gasteiger partial charge in [-0.15, -0.1) is 0 Å². The Bertz CT molecular complexity index is 506. The highest BCUT2D eigenvalue weighted by Crippen LogP contribution is 2.25. The fourth-order valence-electron chi connectivity index (χ4n) is 1.70. The van der Waals surface area contributed by atoms with E-state index in [1.165, 1.54) is 6.92 Å². The van der Waals surface area contributed by atoms with Gasteiger partial charge in [0.05, 0.1) is 0 Å². The number of carbonyl (C=O) groups is 2. The number of aryl methyl sites for hydroxylation is 2. The van der Waals surface area contributed by atoms with E-state index in [4.69, 9.17) is 9.47 Å². The second kappa shape index (κ2) is 6.18. The molecule has 0 saturated heterocycles. The molecule has 0 bridgehead atoms. The molecule has 102 valence electrons. The molecular formula is C15H18O4. The summed E-state index contributed by atoms with van der Waals surface area (Å²) >= 11 is 0. The van der Waals surface area contributed by atoms with Crippen molar-refractivity contribution in [3.05, 3.63) is 41.0 Å². The molecule has 0 fully saturated rings. The lowest BCUT2D eigenvalue weighted by Crippen LogP contribution is -2.07. The summed E-state index contributed by atoms with van der Waals surface area (Å²) < 4.78 is 10.2. The Labute approximate surface area is 113 Å². The Morgan fingerprint density at radius 1 is 1.16 bits per heavy atom. The lowest BCUT2D eigenvalue weighted by Gasteiger charge is -2.12. The minimum Gasteiger partial charge on any atom is -0.457 e. The Kier molecular flexibility index (Phi) is 4.87. The number of rotatable bonds is 4. The molecule has 4 heteroatoms. The van der Waals surface area contributed by atoms with Gasteiger partial charge in [-0.05, 0) is 49.6 Å². The van der Waals surface area contributed by atoms with Gasteiger partial charge < -0.3 is 9.47 Å². The highest BCUT2D eigenvalue weighted by Gasteiger charge is 2.10. The maximum atomic E-state index is 11.3. The summed E-state index contributed by atoms with van der Waals surface area (Å²) in [5.74, 6) is -0.213. The number of esters is 2. The van der Waals surface area contributed by atoms with E-state index in [1.807, 2.05) is 26.0 Å². The predicted octanol–water partition coefficient (Wildman–Crippen LogP) is 2.85. The number of ether oxygens (including phenoxy) is 2. The van der Waals surface area contributed by atoms with Gasteiger partial charge in [0.1, 0.15) is 12.4 Å². The first-order valence-corrected chi connectivity index (χ1v) is 5.92. The van der Waals surface area contributed by atoms with E-state index in [2.05, 4.69) is 6.58 Å². The van der Waals surface area contributed by atoms with Gasteiger partial charge in [0, 0.05) is 12.5 Å². The smallest absolute Gasteiger partial charge is 0.333 e. The van der Waals surface area contributed by atoms with Gasteiger partial charge in [-0.1, -0.05) is 6.58 Å². The number of benzene rings is 1. The predicted molar refractivity (Wildman–Crippen MR) is 71.8 cm³/mol. The van der Waals surface area contributed by atoms with Gasteiger partial charge in [-0.25, -0.2) is 4.79 Å². The summed E-state index contributed by atoms with van der Waals surface area (Å²) in [6.45, 7) is 10.3. The molecule has 0 heterocycles. The fourth-order valence-corrected chi connectivity index (χ4v) is 1.70. The van der Waals surface area contributed by atoms with Crippen molar-refractivity contribution in [1.29, 1.82) is 0 Å². The van der Waals surface area contributed by atoms with Crippen LogP contribution in [0.4, 0.5) is 0 Å². The van der Waals surface area contributed by atoms with Crippen molar-refractivity contribution in [2.45, 2.75) is 34.3 Å². The topological polar surface area (TPSA) is 52.6 Å². The molecule has 0 amide bonds. The summed E-state index contributed by atoms with van der Waals surface area (Å²) in [6.07, 6.45) is 0. The van der Waals surface area contributed by atoms with Crippen LogP contribution in [0.25, 0.3) is 0 Å². The van der Waals surface area contributed by atoms with Gasteiger partial charge in [-0.3, -0.25) is 4.79 Å². The average Bonchev–Trinajstić information content (AvgIpc) is 2.30. The zero-order chi connectivity index (χ0) is 14.6. The molecule has 1 aromatic carbocycles. The Hall–Kier alpha value is -2.10. The zero-order valence-electron chi connectivity index (χ0n) is 11.7. The third kappa shape index (κ3) is 4.25. The largest absolute Gasteiger partial charge is 0.457 e. The van der Waals surface area contributed by atoms with E-state index in [0.29, 0.717) is 11.3 Å². The van der Waals surface area contributed by atoms with Gasteiger partial charge in [-0.2, -0.15) is 0 Å². The molecule has 0 aromatic heterocycles. The quantitative estimate of drug-likeness (QED) is 0.475. The Morgan fingerprint density at radius 3 is 2.11 bits per heavy atom. The van der Waals surface area contributed by atoms with Crippen molar-refractivity contribution in [3.63, 3.8) is 0 Å². The maximum Gasteiger partial charge on any atom is 0.333 e. The van der Waals surface area contributed by atoms with Crippen LogP contribution >= 0.6 is 0 Å². The molecule has 0 aliphatic carbocycles. The van der Waals surface area contributed by atoms with Crippen molar-refractivity contribution in [2.24, 2.45) is 0 Å². The molecule has 4 nitrogen and oxygen atoms in total. The lowest BCUT2D eigenvalue weighted by atomic mass is 10.1. The maximum absolute atomic E-state index is 11.3. The molecular weight excluding hydrogens is 244 g/mol. The highest BCUT2D eigenvalue weighted by atomic mass is 16.5. The van der Waals surface area contributed by atoms with Crippen LogP contribution in [0.2, 0.25) is 0 Å². The first-order valence-electron chi connectivity index (χ1n) is 5.92. The summed E-state index contributed by atoms with van der Waals surface area (Å²) in [7, 11) is 0. The van der Waals surface area contributed by atoms with Crippen LogP contribution in [0.15, 0.2) is 24.3 Å². The SMILES string of the molecule is C=C(C)C(=O)OCc1cc(C)c(OC(C)=O)c(C)c1. The van der Waals surface area contributed by atoms with Crippen LogP contribution in [0.1, 0.15) is 30.5 Å². The molecule has 0 atom stereocenters. The summed E-state index contributed by atoms with van der Waals surface area (Å²) in [6, 6.07) is 3.66. The third-order valence-corrected chi connectivity index (χ3v) is 2.48. The van der Waals surface area contributed by atoms with E-state index in [-0.39, 0.29) is 12.6 Å². The molecule has 0 aliphatic heterocycles. The van der Waals surface area contributed by atoms with Crippen LogP contribution in [0.5, 0.6) is 5.75 Å². The van der Waals surface area contributed by atoms with Crippen LogP contribution in [-0.4, -0.2) is 11.9 Å². The number of hydrogen-bond donors (Lipinski definition) is 0. The Balaban J connectivity index is 2.86. The second-order valence-electron chi connectivity index (χ2n) is 4.51. The van der Waals surface area contributed by atoms with Crippen molar-refractivity contribution in [2.75, 3.05) is 0 Å². The van der Waals surface area contributed by atoms with Crippen molar-refractivity contribution < 1.29 is 19.1 Å². The first-order chi connectivity index (χ1) is 8.81. The summed E-state index contributed by atoms with van der Waals surface area (Å²) in [5.41, 5.74) is 2.87. The molecule has 0 unspecified atom stereocenters. The molecule has 19 heavy (non-hydrogen) atoms. The van der Waals surface area contributed by atoms with E-state index in [1.54, 1.807) is 6.92 Å². The van der Waals surface area contributed by atoms with Crippen molar-refractivity contribution in [1.82, 2.24) is 0 Å². The van der Waals surface area contributed by atoms with Crippen LogP contribution < -0.4 is 4.74 Å². The second-order valence-corrected chi connectivity index (χ2v) is 4.51. The molecule has 0 aliphatic rings. The average molecular weight is 262 g/mol. The molecule has 1 aromatic rings. The standard InChI is InChI=1S/C15H18O4/c1-9(2)15(17)18-8-13-6-10(3)14(11(4)7-13)19-12(5)16/h6-7H,1,8H2,2-5H3. The number of hydrogen-bond acceptors (Lipinski definition) is 4. The van der Waals surface area contributed by atoms with Gasteiger partial charge >= 0.3 is 11.9 Å². The zero-order valence-corrected chi connectivity index (χ0v) is 11.7. The van der Waals surface area contributed by atoms with Gasteiger partial charge in [0.25, 0.3) is 0 Å². The van der Waals surface area contributed by atoms with Gasteiger partial charge in [0.2, 0.25) is 0 Å². The first kappa shape index (κ1) is 15.0. The fraction of sp³-hybridized carbons (Fsp3) is 0.333. The van der Waals surface area contributed by atoms with E-state index in [9.17, 15) is 9.59 Å². The molecule has 0 N–H and O–H groups in total. The molecule has 0 spiro atoms. The lowest BCUT2D eigenvalue weighted by molar-refractivity contribution is -0.140. The summed E-state index contributed by atoms with van der Waals surface area (Å²) in [5, 5.41) is 0.